The van der Waals surface area contributed by atoms with Crippen molar-refractivity contribution in [1.82, 2.24) is 20.4 Å². The zero-order chi connectivity index (χ0) is 20.5. The van der Waals surface area contributed by atoms with Crippen molar-refractivity contribution >= 4 is 41.5 Å². The van der Waals surface area contributed by atoms with E-state index in [0.29, 0.717) is 11.6 Å². The Morgan fingerprint density at radius 2 is 1.90 bits per heavy atom. The average Bonchev–Trinajstić information content (AvgIpc) is 3.25. The van der Waals surface area contributed by atoms with E-state index in [4.69, 9.17) is 16.3 Å². The third-order valence-corrected chi connectivity index (χ3v) is 4.98. The summed E-state index contributed by atoms with van der Waals surface area (Å²) in [6.07, 6.45) is 4.55. The van der Waals surface area contributed by atoms with E-state index in [9.17, 15) is 0 Å². The van der Waals surface area contributed by atoms with Crippen LogP contribution < -0.4 is 15.4 Å². The minimum Gasteiger partial charge on any atom is -0.497 e. The van der Waals surface area contributed by atoms with Crippen molar-refractivity contribution in [3.05, 3.63) is 82.6 Å². The Morgan fingerprint density at radius 3 is 2.57 bits per heavy atom. The minimum absolute atomic E-state index is 0. The molecule has 1 heterocycles. The van der Waals surface area contributed by atoms with Crippen LogP contribution in [-0.2, 0) is 19.5 Å². The predicted molar refractivity (Wildman–Crippen MR) is 133 cm³/mol. The molecule has 0 aliphatic carbocycles. The van der Waals surface area contributed by atoms with Crippen LogP contribution in [0.25, 0.3) is 0 Å². The summed E-state index contributed by atoms with van der Waals surface area (Å²) < 4.78 is 7.11. The van der Waals surface area contributed by atoms with Gasteiger partial charge in [0.05, 0.1) is 13.7 Å². The number of aromatic nitrogens is 2. The highest BCUT2D eigenvalue weighted by molar-refractivity contribution is 14.0. The van der Waals surface area contributed by atoms with Crippen molar-refractivity contribution in [3.63, 3.8) is 0 Å². The number of hydrogen-bond donors (Lipinski definition) is 2. The number of benzene rings is 2. The predicted octanol–water partition coefficient (Wildman–Crippen LogP) is 4.12. The largest absolute Gasteiger partial charge is 0.497 e. The molecule has 0 amide bonds. The molecule has 0 saturated heterocycles. The van der Waals surface area contributed by atoms with Gasteiger partial charge < -0.3 is 15.4 Å². The van der Waals surface area contributed by atoms with Gasteiger partial charge >= 0.3 is 0 Å². The van der Waals surface area contributed by atoms with E-state index in [1.54, 1.807) is 20.4 Å². The lowest BCUT2D eigenvalue weighted by atomic mass is 10.1. The van der Waals surface area contributed by atoms with Gasteiger partial charge in [-0.05, 0) is 41.3 Å². The molecule has 30 heavy (non-hydrogen) atoms. The van der Waals surface area contributed by atoms with Crippen molar-refractivity contribution in [1.29, 1.82) is 0 Å². The normalized spacial score (nSPS) is 11.0. The third-order valence-electron chi connectivity index (χ3n) is 4.63. The van der Waals surface area contributed by atoms with Crippen LogP contribution in [0.1, 0.15) is 16.7 Å². The summed E-state index contributed by atoms with van der Waals surface area (Å²) in [5.74, 6) is 1.52. The number of halogens is 2. The van der Waals surface area contributed by atoms with E-state index in [1.807, 2.05) is 47.3 Å². The number of methoxy groups -OCH3 is 1. The number of ether oxygens (including phenoxy) is 1. The highest BCUT2D eigenvalue weighted by Crippen LogP contribution is 2.22. The summed E-state index contributed by atoms with van der Waals surface area (Å²) in [6, 6.07) is 16.0. The lowest BCUT2D eigenvalue weighted by molar-refractivity contribution is 0.414. The van der Waals surface area contributed by atoms with E-state index in [0.717, 1.165) is 36.8 Å². The van der Waals surface area contributed by atoms with Gasteiger partial charge in [0.15, 0.2) is 5.96 Å². The number of rotatable bonds is 8. The molecule has 0 unspecified atom stereocenters. The summed E-state index contributed by atoms with van der Waals surface area (Å²) >= 11 is 6.31. The molecular weight excluding hydrogens is 513 g/mol. The van der Waals surface area contributed by atoms with Crippen LogP contribution in [0.4, 0.5) is 0 Å². The first-order valence-electron chi connectivity index (χ1n) is 9.50. The molecule has 0 aliphatic heterocycles. The first-order chi connectivity index (χ1) is 14.2. The lowest BCUT2D eigenvalue weighted by Gasteiger charge is -2.15. The Morgan fingerprint density at radius 1 is 1.10 bits per heavy atom. The molecule has 0 fully saturated rings. The van der Waals surface area contributed by atoms with E-state index < -0.39 is 0 Å². The quantitative estimate of drug-likeness (QED) is 0.257. The van der Waals surface area contributed by atoms with Crippen LogP contribution in [0.3, 0.4) is 0 Å². The fourth-order valence-corrected chi connectivity index (χ4v) is 3.29. The maximum atomic E-state index is 6.31. The molecule has 3 rings (SSSR count). The van der Waals surface area contributed by atoms with Gasteiger partial charge in [0.25, 0.3) is 0 Å². The van der Waals surface area contributed by atoms with E-state index in [1.165, 1.54) is 11.1 Å². The zero-order valence-corrected chi connectivity index (χ0v) is 20.2. The number of nitrogens with one attached hydrogen (secondary N) is 2. The molecule has 0 radical (unpaired) electrons. The van der Waals surface area contributed by atoms with Gasteiger partial charge in [-0.1, -0.05) is 41.9 Å². The van der Waals surface area contributed by atoms with Gasteiger partial charge in [-0.15, -0.1) is 24.0 Å². The summed E-state index contributed by atoms with van der Waals surface area (Å²) in [4.78, 5) is 4.31. The van der Waals surface area contributed by atoms with Gasteiger partial charge in [-0.25, -0.2) is 0 Å². The van der Waals surface area contributed by atoms with Crippen molar-refractivity contribution in [2.24, 2.45) is 4.99 Å². The standard InChI is InChI=1S/C22H26ClN5O.HI/c1-24-22(25-12-10-17-8-9-20(29-2)14-21(17)23)26-15-18-6-3-4-7-19(18)16-28-13-5-11-27-28;/h3-9,11,13-14H,10,12,15-16H2,1-2H3,(H2,24,25,26);1H. The lowest BCUT2D eigenvalue weighted by Crippen LogP contribution is -2.38. The van der Waals surface area contributed by atoms with Crippen LogP contribution in [0, 0.1) is 0 Å². The first kappa shape index (κ1) is 24.0. The van der Waals surface area contributed by atoms with Crippen molar-refractivity contribution in [2.45, 2.75) is 19.5 Å². The monoisotopic (exact) mass is 539 g/mol. The summed E-state index contributed by atoms with van der Waals surface area (Å²) in [5.41, 5.74) is 3.51. The van der Waals surface area contributed by atoms with Gasteiger partial charge in [0.2, 0.25) is 0 Å². The second-order valence-electron chi connectivity index (χ2n) is 6.53. The molecule has 1 aromatic heterocycles. The Bertz CT molecular complexity index is 946. The van der Waals surface area contributed by atoms with Crippen LogP contribution in [-0.4, -0.2) is 36.4 Å². The smallest absolute Gasteiger partial charge is 0.191 e. The van der Waals surface area contributed by atoms with Crippen molar-refractivity contribution in [3.8, 4) is 5.75 Å². The number of hydrogen-bond acceptors (Lipinski definition) is 3. The Labute approximate surface area is 199 Å². The second kappa shape index (κ2) is 12.4. The van der Waals surface area contributed by atoms with Crippen LogP contribution in [0.15, 0.2) is 65.9 Å². The molecule has 0 saturated carbocycles. The summed E-state index contributed by atoms with van der Waals surface area (Å²) in [6.45, 7) is 2.15. The molecule has 160 valence electrons. The maximum absolute atomic E-state index is 6.31. The number of guanidine groups is 1. The summed E-state index contributed by atoms with van der Waals surface area (Å²) in [7, 11) is 3.40. The van der Waals surface area contributed by atoms with E-state index in [-0.39, 0.29) is 24.0 Å². The summed E-state index contributed by atoms with van der Waals surface area (Å²) in [5, 5.41) is 11.7. The van der Waals surface area contributed by atoms with Gasteiger partial charge in [-0.2, -0.15) is 5.10 Å². The maximum Gasteiger partial charge on any atom is 0.191 e. The Kier molecular flexibility index (Phi) is 9.96. The molecule has 8 heteroatoms. The number of nitrogens with zero attached hydrogens (tertiary/aromatic N) is 3. The molecule has 0 aliphatic rings. The third kappa shape index (κ3) is 6.91. The molecule has 2 N–H and O–H groups in total. The Balaban J connectivity index is 0.00000320. The van der Waals surface area contributed by atoms with Crippen LogP contribution >= 0.6 is 35.6 Å². The first-order valence-corrected chi connectivity index (χ1v) is 9.88. The van der Waals surface area contributed by atoms with Crippen molar-refractivity contribution in [2.75, 3.05) is 20.7 Å². The molecule has 0 bridgehead atoms. The molecule has 3 aromatic rings. The van der Waals surface area contributed by atoms with Crippen molar-refractivity contribution < 1.29 is 4.74 Å². The van der Waals surface area contributed by atoms with Gasteiger partial charge in [-0.3, -0.25) is 9.67 Å². The molecule has 0 atom stereocenters. The van der Waals surface area contributed by atoms with Crippen LogP contribution in [0.2, 0.25) is 5.02 Å². The van der Waals surface area contributed by atoms with E-state index in [2.05, 4.69) is 32.9 Å². The fourth-order valence-electron chi connectivity index (χ4n) is 3.03. The zero-order valence-electron chi connectivity index (χ0n) is 17.1. The highest BCUT2D eigenvalue weighted by Gasteiger charge is 2.06. The van der Waals surface area contributed by atoms with Gasteiger partial charge in [0.1, 0.15) is 5.75 Å². The SMILES string of the molecule is CN=C(NCCc1ccc(OC)cc1Cl)NCc1ccccc1Cn1cccn1.I. The van der Waals surface area contributed by atoms with Crippen LogP contribution in [0.5, 0.6) is 5.75 Å². The molecule has 0 spiro atoms. The Hall–Kier alpha value is -2.26. The molecular formula is C22H27ClIN5O. The fraction of sp³-hybridized carbons (Fsp3) is 0.273. The highest BCUT2D eigenvalue weighted by atomic mass is 127. The van der Waals surface area contributed by atoms with E-state index >= 15 is 0 Å². The topological polar surface area (TPSA) is 63.5 Å². The second-order valence-corrected chi connectivity index (χ2v) is 6.94. The number of aliphatic imine (C=N–C) groups is 1. The minimum atomic E-state index is 0. The van der Waals surface area contributed by atoms with Gasteiger partial charge in [0, 0.05) is 37.6 Å². The average molecular weight is 540 g/mol. The molecule has 2 aromatic carbocycles. The molecule has 6 nitrogen and oxygen atoms in total.